The number of hydrogen-bond acceptors (Lipinski definition) is 4. The highest BCUT2D eigenvalue weighted by atomic mass is 19.4. The topological polar surface area (TPSA) is 59.3 Å². The fourth-order valence-corrected chi connectivity index (χ4v) is 4.15. The fourth-order valence-electron chi connectivity index (χ4n) is 4.15. The molecule has 9 heteroatoms. The van der Waals surface area contributed by atoms with Gasteiger partial charge in [0.15, 0.2) is 0 Å². The van der Waals surface area contributed by atoms with Crippen molar-refractivity contribution in [3.8, 4) is 0 Å². The highest BCUT2D eigenvalue weighted by Crippen LogP contribution is 2.39. The van der Waals surface area contributed by atoms with Gasteiger partial charge in [0, 0.05) is 36.1 Å². The maximum atomic E-state index is 13.7. The average Bonchev–Trinajstić information content (AvgIpc) is 3.13. The summed E-state index contributed by atoms with van der Waals surface area (Å²) in [6.45, 7) is 4.33. The first-order valence-corrected chi connectivity index (χ1v) is 10.5. The van der Waals surface area contributed by atoms with E-state index in [2.05, 4.69) is 10.3 Å². The van der Waals surface area contributed by atoms with E-state index in [0.717, 1.165) is 12.5 Å². The van der Waals surface area contributed by atoms with E-state index in [9.17, 15) is 22.4 Å². The van der Waals surface area contributed by atoms with Gasteiger partial charge in [-0.2, -0.15) is 13.2 Å². The summed E-state index contributed by atoms with van der Waals surface area (Å²) >= 11 is 0. The van der Waals surface area contributed by atoms with E-state index >= 15 is 0 Å². The normalized spacial score (nSPS) is 20.4. The zero-order valence-corrected chi connectivity index (χ0v) is 18.0. The van der Waals surface area contributed by atoms with Crippen molar-refractivity contribution in [3.63, 3.8) is 0 Å². The minimum Gasteiger partial charge on any atom is -0.354 e. The molecule has 0 unspecified atom stereocenters. The van der Waals surface area contributed by atoms with Crippen LogP contribution in [0.4, 0.5) is 17.6 Å². The second kappa shape index (κ2) is 8.46. The third-order valence-electron chi connectivity index (χ3n) is 5.80. The summed E-state index contributed by atoms with van der Waals surface area (Å²) in [6.07, 6.45) is -0.913. The lowest BCUT2D eigenvalue weighted by molar-refractivity contribution is -0.141. The van der Waals surface area contributed by atoms with Gasteiger partial charge in [-0.05, 0) is 43.2 Å². The summed E-state index contributed by atoms with van der Waals surface area (Å²) in [5.41, 5.74) is -0.471. The smallest absolute Gasteiger partial charge is 0.354 e. The molecule has 172 valence electrons. The molecule has 2 aromatic heterocycles. The van der Waals surface area contributed by atoms with Crippen LogP contribution in [0.25, 0.3) is 0 Å². The van der Waals surface area contributed by atoms with Crippen LogP contribution in [-0.4, -0.2) is 21.4 Å². The van der Waals surface area contributed by atoms with Gasteiger partial charge in [-0.25, -0.2) is 4.39 Å². The zero-order chi connectivity index (χ0) is 23.8. The van der Waals surface area contributed by atoms with Crippen molar-refractivity contribution in [3.05, 3.63) is 99.5 Å². The van der Waals surface area contributed by atoms with Crippen molar-refractivity contribution in [1.29, 1.82) is 0 Å². The Morgan fingerprint density at radius 1 is 1.06 bits per heavy atom. The highest BCUT2D eigenvalue weighted by Gasteiger charge is 2.46. The largest absolute Gasteiger partial charge is 0.433 e. The number of aromatic nitrogens is 2. The summed E-state index contributed by atoms with van der Waals surface area (Å²) in [5, 5.41) is 3.36. The van der Waals surface area contributed by atoms with E-state index in [1.807, 2.05) is 13.8 Å². The standard InChI is InChI=1S/C24H22F4N4O/c1-3-12-32-14-16(4-11-21(32)33)22-30-15(2)23(31-22,17-5-8-19(25)9-6-17)18-7-10-20(29-13-18)24(26,27)28/h4-11,13-15H,3,12H2,1-2H3,(H,30,31)/t15-,23-/m0/s1. The van der Waals surface area contributed by atoms with E-state index in [4.69, 9.17) is 4.99 Å². The van der Waals surface area contributed by atoms with Gasteiger partial charge in [0.2, 0.25) is 0 Å². The van der Waals surface area contributed by atoms with E-state index in [0.29, 0.717) is 29.1 Å². The Morgan fingerprint density at radius 2 is 1.76 bits per heavy atom. The first-order valence-electron chi connectivity index (χ1n) is 10.5. The van der Waals surface area contributed by atoms with Crippen LogP contribution in [0.15, 0.2) is 70.7 Å². The second-order valence-electron chi connectivity index (χ2n) is 7.97. The van der Waals surface area contributed by atoms with Crippen molar-refractivity contribution in [1.82, 2.24) is 14.9 Å². The minimum absolute atomic E-state index is 0.135. The third-order valence-corrected chi connectivity index (χ3v) is 5.80. The number of halogens is 4. The fraction of sp³-hybridized carbons (Fsp3) is 0.292. The second-order valence-corrected chi connectivity index (χ2v) is 7.97. The van der Waals surface area contributed by atoms with Crippen LogP contribution in [-0.2, 0) is 18.3 Å². The van der Waals surface area contributed by atoms with Gasteiger partial charge in [-0.1, -0.05) is 25.1 Å². The molecule has 3 aromatic rings. The van der Waals surface area contributed by atoms with Crippen molar-refractivity contribution in [2.75, 3.05) is 0 Å². The van der Waals surface area contributed by atoms with Gasteiger partial charge in [-0.3, -0.25) is 14.8 Å². The third kappa shape index (κ3) is 4.15. The van der Waals surface area contributed by atoms with Crippen LogP contribution < -0.4 is 10.9 Å². The van der Waals surface area contributed by atoms with E-state index < -0.39 is 29.3 Å². The predicted octanol–water partition coefficient (Wildman–Crippen LogP) is 4.49. The van der Waals surface area contributed by atoms with Crippen molar-refractivity contribution in [2.24, 2.45) is 4.99 Å². The lowest BCUT2D eigenvalue weighted by Crippen LogP contribution is -2.48. The Morgan fingerprint density at radius 3 is 2.36 bits per heavy atom. The molecule has 0 spiro atoms. The van der Waals surface area contributed by atoms with Crippen LogP contribution in [0.2, 0.25) is 0 Å². The summed E-state index contributed by atoms with van der Waals surface area (Å²) < 4.78 is 54.5. The molecule has 4 rings (SSSR count). The number of rotatable bonds is 5. The predicted molar refractivity (Wildman–Crippen MR) is 117 cm³/mol. The monoisotopic (exact) mass is 458 g/mol. The molecule has 33 heavy (non-hydrogen) atoms. The quantitative estimate of drug-likeness (QED) is 0.573. The van der Waals surface area contributed by atoms with Gasteiger partial charge >= 0.3 is 6.18 Å². The number of amidine groups is 1. The molecule has 1 aliphatic rings. The lowest BCUT2D eigenvalue weighted by Gasteiger charge is -2.35. The molecule has 0 aliphatic carbocycles. The molecular weight excluding hydrogens is 436 g/mol. The molecule has 0 bridgehead atoms. The Balaban J connectivity index is 1.81. The molecular formula is C24H22F4N4O. The molecule has 1 N–H and O–H groups in total. The van der Waals surface area contributed by atoms with Gasteiger partial charge in [-0.15, -0.1) is 0 Å². The van der Waals surface area contributed by atoms with Gasteiger partial charge in [0.05, 0.1) is 6.04 Å². The van der Waals surface area contributed by atoms with Gasteiger partial charge < -0.3 is 9.88 Å². The molecule has 0 radical (unpaired) electrons. The number of nitrogens with one attached hydrogen (secondary N) is 1. The van der Waals surface area contributed by atoms with Gasteiger partial charge in [0.1, 0.15) is 22.9 Å². The summed E-state index contributed by atoms with van der Waals surface area (Å²) in [7, 11) is 0. The SMILES string of the molecule is CCCn1cc(C2=N[C@@H](C)[C@](c3ccc(F)cc3)(c3ccc(C(F)(F)F)nc3)N2)ccc1=O. The molecule has 3 heterocycles. The molecule has 1 aliphatic heterocycles. The number of aryl methyl sites for hydroxylation is 1. The zero-order valence-electron chi connectivity index (χ0n) is 18.0. The number of hydrogen-bond donors (Lipinski definition) is 1. The summed E-state index contributed by atoms with van der Waals surface area (Å²) in [5.74, 6) is 0.0504. The number of alkyl halides is 3. The Kier molecular flexibility index (Phi) is 5.82. The molecule has 0 amide bonds. The van der Waals surface area contributed by atoms with Gasteiger partial charge in [0.25, 0.3) is 5.56 Å². The molecule has 2 atom stereocenters. The minimum atomic E-state index is -4.56. The van der Waals surface area contributed by atoms with Crippen LogP contribution in [0.1, 0.15) is 42.7 Å². The Labute approximate surface area is 187 Å². The molecule has 0 saturated carbocycles. The maximum Gasteiger partial charge on any atom is 0.433 e. The van der Waals surface area contributed by atoms with Crippen molar-refractivity contribution < 1.29 is 17.6 Å². The van der Waals surface area contributed by atoms with Crippen LogP contribution in [0, 0.1) is 5.82 Å². The van der Waals surface area contributed by atoms with Crippen LogP contribution in [0.5, 0.6) is 0 Å². The Bertz CT molecular complexity index is 1230. The summed E-state index contributed by atoms with van der Waals surface area (Å²) in [4.78, 5) is 20.5. The summed E-state index contributed by atoms with van der Waals surface area (Å²) in [6, 6.07) is 10.7. The molecule has 0 fully saturated rings. The first kappa shape index (κ1) is 22.7. The Hall–Kier alpha value is -3.49. The lowest BCUT2D eigenvalue weighted by atomic mass is 9.79. The first-order chi connectivity index (χ1) is 15.6. The molecule has 0 saturated heterocycles. The van der Waals surface area contributed by atoms with E-state index in [-0.39, 0.29) is 5.56 Å². The van der Waals surface area contributed by atoms with Crippen LogP contribution >= 0.6 is 0 Å². The number of aliphatic imine (C=N–C) groups is 1. The number of benzene rings is 1. The highest BCUT2D eigenvalue weighted by molar-refractivity contribution is 6.01. The maximum absolute atomic E-state index is 13.7. The van der Waals surface area contributed by atoms with E-state index in [1.165, 1.54) is 30.5 Å². The molecule has 1 aromatic carbocycles. The van der Waals surface area contributed by atoms with Crippen molar-refractivity contribution in [2.45, 2.75) is 44.6 Å². The number of pyridine rings is 2. The van der Waals surface area contributed by atoms with E-state index in [1.54, 1.807) is 29.0 Å². The van der Waals surface area contributed by atoms with Crippen molar-refractivity contribution >= 4 is 5.84 Å². The van der Waals surface area contributed by atoms with Crippen LogP contribution in [0.3, 0.4) is 0 Å². The average molecular weight is 458 g/mol. The number of nitrogens with zero attached hydrogens (tertiary/aromatic N) is 3. The molecule has 5 nitrogen and oxygen atoms in total.